The van der Waals surface area contributed by atoms with Gasteiger partial charge in [-0.3, -0.25) is 4.90 Å². The molecule has 108 valence electrons. The van der Waals surface area contributed by atoms with Crippen molar-refractivity contribution < 1.29 is 0 Å². The van der Waals surface area contributed by atoms with E-state index in [1.54, 1.807) is 11.3 Å². The fourth-order valence-corrected chi connectivity index (χ4v) is 2.89. The van der Waals surface area contributed by atoms with Crippen LogP contribution in [0.25, 0.3) is 0 Å². The lowest BCUT2D eigenvalue weighted by molar-refractivity contribution is 0.296. The third-order valence-corrected chi connectivity index (χ3v) is 4.41. The first-order valence-electron chi connectivity index (χ1n) is 7.35. The van der Waals surface area contributed by atoms with Gasteiger partial charge in [0.05, 0.1) is 0 Å². The van der Waals surface area contributed by atoms with Crippen LogP contribution in [-0.2, 0) is 19.6 Å². The molecule has 0 saturated heterocycles. The van der Waals surface area contributed by atoms with E-state index in [1.165, 1.54) is 16.0 Å². The predicted octanol–water partition coefficient (Wildman–Crippen LogP) is 3.88. The zero-order chi connectivity index (χ0) is 14.2. The maximum atomic E-state index is 3.49. The number of rotatable bonds is 8. The van der Waals surface area contributed by atoms with Gasteiger partial charge in [0.2, 0.25) is 0 Å². The molecular formula is C17H24N2S. The van der Waals surface area contributed by atoms with E-state index in [0.29, 0.717) is 0 Å². The molecule has 0 aliphatic rings. The first-order chi connectivity index (χ1) is 9.81. The predicted molar refractivity (Wildman–Crippen MR) is 87.9 cm³/mol. The quantitative estimate of drug-likeness (QED) is 0.793. The van der Waals surface area contributed by atoms with Gasteiger partial charge in [0.1, 0.15) is 0 Å². The van der Waals surface area contributed by atoms with Gasteiger partial charge >= 0.3 is 0 Å². The van der Waals surface area contributed by atoms with Crippen LogP contribution < -0.4 is 5.32 Å². The lowest BCUT2D eigenvalue weighted by Gasteiger charge is -2.18. The van der Waals surface area contributed by atoms with Gasteiger partial charge in [-0.05, 0) is 35.7 Å². The molecular weight excluding hydrogens is 264 g/mol. The van der Waals surface area contributed by atoms with Gasteiger partial charge in [-0.2, -0.15) is 0 Å². The van der Waals surface area contributed by atoms with Gasteiger partial charge in [-0.15, -0.1) is 11.3 Å². The van der Waals surface area contributed by atoms with Crippen molar-refractivity contribution in [1.29, 1.82) is 0 Å². The van der Waals surface area contributed by atoms with Crippen molar-refractivity contribution in [3.05, 3.63) is 57.8 Å². The van der Waals surface area contributed by atoms with Crippen molar-refractivity contribution in [2.45, 2.75) is 33.5 Å². The highest BCUT2D eigenvalue weighted by molar-refractivity contribution is 7.09. The average molecular weight is 288 g/mol. The molecule has 0 unspecified atom stereocenters. The van der Waals surface area contributed by atoms with Crippen LogP contribution in [0.3, 0.4) is 0 Å². The molecule has 1 aromatic carbocycles. The summed E-state index contributed by atoms with van der Waals surface area (Å²) in [5.74, 6) is 0. The molecule has 2 aromatic rings. The Morgan fingerprint density at radius 3 is 2.25 bits per heavy atom. The largest absolute Gasteiger partial charge is 0.308 e. The molecule has 20 heavy (non-hydrogen) atoms. The van der Waals surface area contributed by atoms with Crippen molar-refractivity contribution in [2.24, 2.45) is 0 Å². The maximum absolute atomic E-state index is 3.49. The molecule has 1 N–H and O–H groups in total. The topological polar surface area (TPSA) is 15.3 Å². The first-order valence-corrected chi connectivity index (χ1v) is 8.23. The highest BCUT2D eigenvalue weighted by Gasteiger charge is 2.01. The monoisotopic (exact) mass is 288 g/mol. The molecule has 1 heterocycles. The lowest BCUT2D eigenvalue weighted by Crippen LogP contribution is -2.22. The maximum Gasteiger partial charge on any atom is 0.0302 e. The lowest BCUT2D eigenvalue weighted by atomic mass is 10.1. The SMILES string of the molecule is CCN(CC)Cc1ccc(CNCc2cccs2)cc1. The molecule has 0 bridgehead atoms. The Morgan fingerprint density at radius 1 is 0.950 bits per heavy atom. The Kier molecular flexibility index (Phi) is 6.25. The van der Waals surface area contributed by atoms with Gasteiger partial charge in [0, 0.05) is 24.5 Å². The standard InChI is InChI=1S/C17H24N2S/c1-3-19(4-2)14-16-9-7-15(8-10-16)12-18-13-17-6-5-11-20-17/h5-11,18H,3-4,12-14H2,1-2H3. The molecule has 3 heteroatoms. The number of nitrogens with zero attached hydrogens (tertiary/aromatic N) is 1. The molecule has 2 nitrogen and oxygen atoms in total. The Bertz CT molecular complexity index is 472. The Balaban J connectivity index is 1.79. The number of nitrogens with one attached hydrogen (secondary N) is 1. The summed E-state index contributed by atoms with van der Waals surface area (Å²) in [6.07, 6.45) is 0. The molecule has 1 aromatic heterocycles. The van der Waals surface area contributed by atoms with Crippen LogP contribution in [0.4, 0.5) is 0 Å². The smallest absolute Gasteiger partial charge is 0.0302 e. The minimum atomic E-state index is 0.934. The van der Waals surface area contributed by atoms with Crippen molar-refractivity contribution in [3.63, 3.8) is 0 Å². The zero-order valence-electron chi connectivity index (χ0n) is 12.4. The fraction of sp³-hybridized carbons (Fsp3) is 0.412. The van der Waals surface area contributed by atoms with Gasteiger partial charge in [-0.25, -0.2) is 0 Å². The molecule has 0 saturated carbocycles. The van der Waals surface area contributed by atoms with E-state index in [9.17, 15) is 0 Å². The van der Waals surface area contributed by atoms with E-state index in [2.05, 4.69) is 65.8 Å². The van der Waals surface area contributed by atoms with Crippen LogP contribution in [0.1, 0.15) is 29.9 Å². The van der Waals surface area contributed by atoms with E-state index >= 15 is 0 Å². The van der Waals surface area contributed by atoms with E-state index < -0.39 is 0 Å². The average Bonchev–Trinajstić information content (AvgIpc) is 2.99. The molecule has 0 atom stereocenters. The van der Waals surface area contributed by atoms with Crippen LogP contribution in [0.2, 0.25) is 0 Å². The van der Waals surface area contributed by atoms with Crippen LogP contribution in [-0.4, -0.2) is 18.0 Å². The zero-order valence-corrected chi connectivity index (χ0v) is 13.2. The Hall–Kier alpha value is -1.16. The third kappa shape index (κ3) is 4.75. The summed E-state index contributed by atoms with van der Waals surface area (Å²) in [6, 6.07) is 13.2. The number of benzene rings is 1. The van der Waals surface area contributed by atoms with Crippen LogP contribution in [0.15, 0.2) is 41.8 Å². The van der Waals surface area contributed by atoms with Gasteiger partial charge in [0.15, 0.2) is 0 Å². The fourth-order valence-electron chi connectivity index (χ4n) is 2.21. The highest BCUT2D eigenvalue weighted by Crippen LogP contribution is 2.10. The Labute approximate surface area is 126 Å². The van der Waals surface area contributed by atoms with Crippen LogP contribution >= 0.6 is 11.3 Å². The molecule has 0 aliphatic heterocycles. The van der Waals surface area contributed by atoms with Crippen molar-refractivity contribution >= 4 is 11.3 Å². The summed E-state index contributed by atoms with van der Waals surface area (Å²) in [5.41, 5.74) is 2.75. The number of hydrogen-bond acceptors (Lipinski definition) is 3. The summed E-state index contributed by atoms with van der Waals surface area (Å²) < 4.78 is 0. The third-order valence-electron chi connectivity index (χ3n) is 3.53. The Morgan fingerprint density at radius 2 is 1.65 bits per heavy atom. The van der Waals surface area contributed by atoms with E-state index in [-0.39, 0.29) is 0 Å². The van der Waals surface area contributed by atoms with E-state index in [0.717, 1.165) is 32.7 Å². The van der Waals surface area contributed by atoms with Gasteiger partial charge < -0.3 is 5.32 Å². The summed E-state index contributed by atoms with van der Waals surface area (Å²) in [7, 11) is 0. The molecule has 2 rings (SSSR count). The first kappa shape index (κ1) is 15.2. The highest BCUT2D eigenvalue weighted by atomic mass is 32.1. The second-order valence-corrected chi connectivity index (χ2v) is 5.99. The van der Waals surface area contributed by atoms with Gasteiger partial charge in [-0.1, -0.05) is 44.2 Å². The summed E-state index contributed by atoms with van der Waals surface area (Å²) in [5, 5.41) is 5.61. The second kappa shape index (κ2) is 8.20. The number of hydrogen-bond donors (Lipinski definition) is 1. The van der Waals surface area contributed by atoms with Crippen molar-refractivity contribution in [3.8, 4) is 0 Å². The summed E-state index contributed by atoms with van der Waals surface area (Å²) in [6.45, 7) is 9.60. The number of thiophene rings is 1. The molecule has 0 spiro atoms. The molecule has 0 fully saturated rings. The van der Waals surface area contributed by atoms with Crippen LogP contribution in [0.5, 0.6) is 0 Å². The van der Waals surface area contributed by atoms with Gasteiger partial charge in [0.25, 0.3) is 0 Å². The molecule has 0 amide bonds. The van der Waals surface area contributed by atoms with E-state index in [4.69, 9.17) is 0 Å². The van der Waals surface area contributed by atoms with E-state index in [1.807, 2.05) is 0 Å². The summed E-state index contributed by atoms with van der Waals surface area (Å²) in [4.78, 5) is 3.83. The van der Waals surface area contributed by atoms with Crippen LogP contribution in [0, 0.1) is 0 Å². The van der Waals surface area contributed by atoms with Crippen molar-refractivity contribution in [1.82, 2.24) is 10.2 Å². The molecule has 0 radical (unpaired) electrons. The van der Waals surface area contributed by atoms with Crippen molar-refractivity contribution in [2.75, 3.05) is 13.1 Å². The second-order valence-electron chi connectivity index (χ2n) is 4.96. The minimum absolute atomic E-state index is 0.934. The summed E-state index contributed by atoms with van der Waals surface area (Å²) >= 11 is 1.80. The molecule has 0 aliphatic carbocycles. The minimum Gasteiger partial charge on any atom is -0.308 e. The normalized spacial score (nSPS) is 11.2.